The predicted molar refractivity (Wildman–Crippen MR) is 99.8 cm³/mol. The zero-order chi connectivity index (χ0) is 19.4. The summed E-state index contributed by atoms with van der Waals surface area (Å²) >= 11 is 0. The van der Waals surface area contributed by atoms with E-state index >= 15 is 0 Å². The van der Waals surface area contributed by atoms with Crippen LogP contribution in [0.2, 0.25) is 0 Å². The van der Waals surface area contributed by atoms with Crippen LogP contribution in [0.3, 0.4) is 0 Å². The van der Waals surface area contributed by atoms with E-state index in [0.29, 0.717) is 24.2 Å². The lowest BCUT2D eigenvalue weighted by Gasteiger charge is -2.41. The summed E-state index contributed by atoms with van der Waals surface area (Å²) in [5.41, 5.74) is 1.22. The molecular formula is C18H29N7O2. The first-order valence-corrected chi connectivity index (χ1v) is 9.48. The standard InChI is InChI=1S/C18H29N7O2/c1-5-25-8-6-7-14(17(25)15-9-20-24(4)12-15)11-23(3)18(26)19-10-16-21-13(2)27-22-16/h9,12,14,17H,5-8,10-11H2,1-4H3,(H,19,26)/t14-,17+/m0/s1. The van der Waals surface area contributed by atoms with Crippen LogP contribution in [0.4, 0.5) is 4.79 Å². The SMILES string of the molecule is CCN1CCC[C@@H](CN(C)C(=O)NCc2noc(C)n2)[C@@H]1c1cnn(C)c1. The van der Waals surface area contributed by atoms with Crippen LogP contribution in [0.25, 0.3) is 0 Å². The van der Waals surface area contributed by atoms with E-state index in [-0.39, 0.29) is 18.6 Å². The first kappa shape index (κ1) is 19.3. The molecule has 27 heavy (non-hydrogen) atoms. The van der Waals surface area contributed by atoms with Crippen LogP contribution in [0.5, 0.6) is 0 Å². The third-order valence-corrected chi connectivity index (χ3v) is 5.16. The van der Waals surface area contributed by atoms with E-state index in [4.69, 9.17) is 4.52 Å². The Balaban J connectivity index is 1.63. The average Bonchev–Trinajstić information content (AvgIpc) is 3.27. The second-order valence-electron chi connectivity index (χ2n) is 7.19. The summed E-state index contributed by atoms with van der Waals surface area (Å²) < 4.78 is 6.77. The number of piperidine rings is 1. The normalized spacial score (nSPS) is 20.6. The maximum Gasteiger partial charge on any atom is 0.317 e. The summed E-state index contributed by atoms with van der Waals surface area (Å²) in [6.07, 6.45) is 6.28. The molecule has 3 rings (SSSR count). The van der Waals surface area contributed by atoms with Gasteiger partial charge in [0.2, 0.25) is 5.89 Å². The highest BCUT2D eigenvalue weighted by Gasteiger charge is 2.34. The number of urea groups is 1. The molecule has 1 aliphatic rings. The molecule has 0 bridgehead atoms. The van der Waals surface area contributed by atoms with Crippen LogP contribution < -0.4 is 5.32 Å². The number of carbonyl (C=O) groups is 1. The zero-order valence-corrected chi connectivity index (χ0v) is 16.6. The molecule has 1 N–H and O–H groups in total. The highest BCUT2D eigenvalue weighted by atomic mass is 16.5. The van der Waals surface area contributed by atoms with Gasteiger partial charge in [0.15, 0.2) is 5.82 Å². The van der Waals surface area contributed by atoms with Crippen molar-refractivity contribution >= 4 is 6.03 Å². The minimum absolute atomic E-state index is 0.129. The third-order valence-electron chi connectivity index (χ3n) is 5.16. The number of aryl methyl sites for hydroxylation is 2. The fraction of sp³-hybridized carbons (Fsp3) is 0.667. The smallest absolute Gasteiger partial charge is 0.317 e. The van der Waals surface area contributed by atoms with Crippen molar-refractivity contribution in [1.82, 2.24) is 35.0 Å². The van der Waals surface area contributed by atoms with Gasteiger partial charge >= 0.3 is 6.03 Å². The quantitative estimate of drug-likeness (QED) is 0.827. The number of hydrogen-bond acceptors (Lipinski definition) is 6. The number of hydrogen-bond donors (Lipinski definition) is 1. The molecule has 1 aliphatic heterocycles. The van der Waals surface area contributed by atoms with E-state index < -0.39 is 0 Å². The van der Waals surface area contributed by atoms with Gasteiger partial charge in [-0.05, 0) is 31.8 Å². The van der Waals surface area contributed by atoms with Gasteiger partial charge in [-0.2, -0.15) is 10.1 Å². The van der Waals surface area contributed by atoms with Gasteiger partial charge in [-0.25, -0.2) is 4.79 Å². The number of likely N-dealkylation sites (tertiary alicyclic amines) is 1. The van der Waals surface area contributed by atoms with Crippen molar-refractivity contribution in [3.8, 4) is 0 Å². The van der Waals surface area contributed by atoms with Crippen LogP contribution in [0.1, 0.15) is 43.1 Å². The fourth-order valence-electron chi connectivity index (χ4n) is 3.91. The summed E-state index contributed by atoms with van der Waals surface area (Å²) in [7, 11) is 3.78. The molecule has 3 heterocycles. The average molecular weight is 375 g/mol. The molecular weight excluding hydrogens is 346 g/mol. The highest BCUT2D eigenvalue weighted by molar-refractivity contribution is 5.73. The van der Waals surface area contributed by atoms with Crippen molar-refractivity contribution in [2.24, 2.45) is 13.0 Å². The molecule has 2 atom stereocenters. The van der Waals surface area contributed by atoms with Crippen LogP contribution in [-0.4, -0.2) is 62.4 Å². The Hall–Kier alpha value is -2.42. The molecule has 2 aromatic rings. The van der Waals surface area contributed by atoms with E-state index in [2.05, 4.69) is 38.6 Å². The number of aromatic nitrogens is 4. The zero-order valence-electron chi connectivity index (χ0n) is 16.6. The Morgan fingerprint density at radius 2 is 2.30 bits per heavy atom. The van der Waals surface area contributed by atoms with Gasteiger partial charge in [0.1, 0.15) is 0 Å². The number of rotatable bonds is 6. The number of nitrogens with zero attached hydrogens (tertiary/aromatic N) is 6. The Morgan fingerprint density at radius 1 is 1.48 bits per heavy atom. The molecule has 2 amide bonds. The number of carbonyl (C=O) groups excluding carboxylic acids is 1. The summed E-state index contributed by atoms with van der Waals surface area (Å²) in [5.74, 6) is 1.34. The summed E-state index contributed by atoms with van der Waals surface area (Å²) in [6.45, 7) is 6.94. The van der Waals surface area contributed by atoms with E-state index in [1.54, 1.807) is 11.8 Å². The summed E-state index contributed by atoms with van der Waals surface area (Å²) in [6, 6.07) is 0.156. The molecule has 2 aromatic heterocycles. The maximum absolute atomic E-state index is 12.5. The maximum atomic E-state index is 12.5. The Kier molecular flexibility index (Phi) is 6.10. The van der Waals surface area contributed by atoms with Crippen molar-refractivity contribution in [3.05, 3.63) is 29.7 Å². The Labute approximate surface area is 159 Å². The lowest BCUT2D eigenvalue weighted by Crippen LogP contribution is -2.46. The number of nitrogens with one attached hydrogen (secondary N) is 1. The summed E-state index contributed by atoms with van der Waals surface area (Å²) in [5, 5.41) is 11.0. The Bertz CT molecular complexity index is 756. The lowest BCUT2D eigenvalue weighted by molar-refractivity contribution is 0.0813. The van der Waals surface area contributed by atoms with Crippen molar-refractivity contribution in [2.75, 3.05) is 26.7 Å². The predicted octanol–water partition coefficient (Wildman–Crippen LogP) is 1.73. The van der Waals surface area contributed by atoms with Gasteiger partial charge in [0.05, 0.1) is 12.7 Å². The van der Waals surface area contributed by atoms with Gasteiger partial charge in [0, 0.05) is 45.4 Å². The van der Waals surface area contributed by atoms with Gasteiger partial charge in [-0.3, -0.25) is 9.58 Å². The van der Waals surface area contributed by atoms with Crippen molar-refractivity contribution in [1.29, 1.82) is 0 Å². The number of amides is 2. The van der Waals surface area contributed by atoms with Crippen molar-refractivity contribution in [2.45, 2.75) is 39.3 Å². The minimum atomic E-state index is -0.129. The van der Waals surface area contributed by atoms with Gasteiger partial charge in [0.25, 0.3) is 0 Å². The fourth-order valence-corrected chi connectivity index (χ4v) is 3.91. The Morgan fingerprint density at radius 3 is 2.93 bits per heavy atom. The van der Waals surface area contributed by atoms with Crippen LogP contribution in [0, 0.1) is 12.8 Å². The third kappa shape index (κ3) is 4.65. The molecule has 148 valence electrons. The van der Waals surface area contributed by atoms with Crippen LogP contribution in [0.15, 0.2) is 16.9 Å². The molecule has 1 fully saturated rings. The first-order chi connectivity index (χ1) is 13.0. The van der Waals surface area contributed by atoms with E-state index in [0.717, 1.165) is 25.9 Å². The van der Waals surface area contributed by atoms with Crippen molar-refractivity contribution < 1.29 is 9.32 Å². The molecule has 0 unspecified atom stereocenters. The molecule has 0 aromatic carbocycles. The van der Waals surface area contributed by atoms with E-state index in [1.165, 1.54) is 5.56 Å². The van der Waals surface area contributed by atoms with E-state index in [9.17, 15) is 4.79 Å². The highest BCUT2D eigenvalue weighted by Crippen LogP contribution is 2.36. The second kappa shape index (κ2) is 8.51. The van der Waals surface area contributed by atoms with Crippen LogP contribution in [-0.2, 0) is 13.6 Å². The second-order valence-corrected chi connectivity index (χ2v) is 7.19. The largest absolute Gasteiger partial charge is 0.340 e. The van der Waals surface area contributed by atoms with Gasteiger partial charge in [-0.15, -0.1) is 0 Å². The molecule has 1 saturated heterocycles. The topological polar surface area (TPSA) is 92.3 Å². The molecule has 0 saturated carbocycles. The lowest BCUT2D eigenvalue weighted by atomic mass is 9.85. The van der Waals surface area contributed by atoms with Gasteiger partial charge in [-0.1, -0.05) is 12.1 Å². The summed E-state index contributed by atoms with van der Waals surface area (Å²) in [4.78, 5) is 20.8. The molecule has 9 nitrogen and oxygen atoms in total. The minimum Gasteiger partial charge on any atom is -0.340 e. The van der Waals surface area contributed by atoms with Gasteiger partial charge < -0.3 is 14.7 Å². The molecule has 0 spiro atoms. The van der Waals surface area contributed by atoms with E-state index in [1.807, 2.05) is 25.0 Å². The monoisotopic (exact) mass is 375 g/mol. The first-order valence-electron chi connectivity index (χ1n) is 9.48. The van der Waals surface area contributed by atoms with Crippen molar-refractivity contribution in [3.63, 3.8) is 0 Å². The van der Waals surface area contributed by atoms with Crippen LogP contribution >= 0.6 is 0 Å². The molecule has 0 aliphatic carbocycles. The molecule has 9 heteroatoms. The molecule has 0 radical (unpaired) electrons.